The molecule has 1 aliphatic rings. The van der Waals surface area contributed by atoms with Gasteiger partial charge in [0.15, 0.2) is 0 Å². The molecule has 0 heterocycles. The van der Waals surface area contributed by atoms with Crippen LogP contribution in [-0.4, -0.2) is 17.9 Å². The standard InChI is InChI=1S/C21H23IN2O2/c1-14-7-8-16(13-19(14)22)21(26)24-18-11-9-15(10-12-18)20(25)23-17-5-3-2-4-6-17/h7-13,17H,2-6H2,1H3,(H,23,25)(H,24,26). The number of halogens is 1. The van der Waals surface area contributed by atoms with E-state index in [1.807, 2.05) is 25.1 Å². The highest BCUT2D eigenvalue weighted by Crippen LogP contribution is 2.19. The van der Waals surface area contributed by atoms with Crippen molar-refractivity contribution in [3.05, 3.63) is 62.7 Å². The maximum atomic E-state index is 12.4. The zero-order valence-electron chi connectivity index (χ0n) is 14.8. The first-order valence-electron chi connectivity index (χ1n) is 9.01. The minimum absolute atomic E-state index is 0.0390. The van der Waals surface area contributed by atoms with Gasteiger partial charge in [-0.3, -0.25) is 9.59 Å². The molecule has 0 bridgehead atoms. The summed E-state index contributed by atoms with van der Waals surface area (Å²) < 4.78 is 1.06. The molecule has 2 aromatic rings. The minimum atomic E-state index is -0.151. The van der Waals surface area contributed by atoms with Crippen molar-refractivity contribution in [2.75, 3.05) is 5.32 Å². The topological polar surface area (TPSA) is 58.2 Å². The van der Waals surface area contributed by atoms with E-state index < -0.39 is 0 Å². The van der Waals surface area contributed by atoms with E-state index in [2.05, 4.69) is 33.2 Å². The molecule has 0 aliphatic heterocycles. The lowest BCUT2D eigenvalue weighted by Gasteiger charge is -2.22. The Morgan fingerprint density at radius 2 is 1.58 bits per heavy atom. The van der Waals surface area contributed by atoms with Gasteiger partial charge in [-0.05, 0) is 84.3 Å². The Morgan fingerprint density at radius 3 is 2.23 bits per heavy atom. The van der Waals surface area contributed by atoms with Crippen molar-refractivity contribution in [3.8, 4) is 0 Å². The molecule has 0 atom stereocenters. The van der Waals surface area contributed by atoms with Gasteiger partial charge in [0.25, 0.3) is 11.8 Å². The predicted octanol–water partition coefficient (Wildman–Crippen LogP) is 4.91. The highest BCUT2D eigenvalue weighted by molar-refractivity contribution is 14.1. The van der Waals surface area contributed by atoms with E-state index in [1.54, 1.807) is 24.3 Å². The fourth-order valence-corrected chi connectivity index (χ4v) is 3.67. The zero-order valence-corrected chi connectivity index (χ0v) is 17.0. The second-order valence-corrected chi connectivity index (χ2v) is 7.97. The zero-order chi connectivity index (χ0) is 18.5. The molecule has 1 aliphatic carbocycles. The van der Waals surface area contributed by atoms with Gasteiger partial charge in [0, 0.05) is 26.4 Å². The van der Waals surface area contributed by atoms with Gasteiger partial charge in [-0.15, -0.1) is 0 Å². The van der Waals surface area contributed by atoms with Gasteiger partial charge in [0.05, 0.1) is 0 Å². The van der Waals surface area contributed by atoms with Crippen LogP contribution in [0.3, 0.4) is 0 Å². The van der Waals surface area contributed by atoms with E-state index in [1.165, 1.54) is 19.3 Å². The summed E-state index contributed by atoms with van der Waals surface area (Å²) in [6, 6.07) is 13.0. The summed E-state index contributed by atoms with van der Waals surface area (Å²) in [5.41, 5.74) is 3.08. The van der Waals surface area contributed by atoms with Gasteiger partial charge >= 0.3 is 0 Å². The third-order valence-electron chi connectivity index (χ3n) is 4.78. The van der Waals surface area contributed by atoms with Crippen LogP contribution >= 0.6 is 22.6 Å². The van der Waals surface area contributed by atoms with Crippen molar-refractivity contribution >= 4 is 40.1 Å². The van der Waals surface area contributed by atoms with Crippen LogP contribution < -0.4 is 10.6 Å². The van der Waals surface area contributed by atoms with Crippen LogP contribution in [0.15, 0.2) is 42.5 Å². The van der Waals surface area contributed by atoms with Gasteiger partial charge in [0.1, 0.15) is 0 Å². The SMILES string of the molecule is Cc1ccc(C(=O)Nc2ccc(C(=O)NC3CCCCC3)cc2)cc1I. The molecule has 0 saturated heterocycles. The average Bonchev–Trinajstić information content (AvgIpc) is 2.65. The Hall–Kier alpha value is -1.89. The molecule has 136 valence electrons. The van der Waals surface area contributed by atoms with Crippen LogP contribution in [0.2, 0.25) is 0 Å². The average molecular weight is 462 g/mol. The van der Waals surface area contributed by atoms with Gasteiger partial charge in [-0.2, -0.15) is 0 Å². The molecule has 0 radical (unpaired) electrons. The number of hydrogen-bond acceptors (Lipinski definition) is 2. The van der Waals surface area contributed by atoms with Crippen molar-refractivity contribution in [1.29, 1.82) is 0 Å². The highest BCUT2D eigenvalue weighted by Gasteiger charge is 2.16. The Labute approximate surface area is 167 Å². The number of anilines is 1. The van der Waals surface area contributed by atoms with E-state index in [0.717, 1.165) is 22.0 Å². The van der Waals surface area contributed by atoms with E-state index >= 15 is 0 Å². The molecule has 1 saturated carbocycles. The van der Waals surface area contributed by atoms with E-state index in [-0.39, 0.29) is 11.8 Å². The fourth-order valence-electron chi connectivity index (χ4n) is 3.16. The number of rotatable bonds is 4. The van der Waals surface area contributed by atoms with E-state index in [0.29, 0.717) is 22.9 Å². The smallest absolute Gasteiger partial charge is 0.255 e. The molecule has 0 aromatic heterocycles. The van der Waals surface area contributed by atoms with Crippen LogP contribution in [0.1, 0.15) is 58.4 Å². The maximum Gasteiger partial charge on any atom is 0.255 e. The first kappa shape index (κ1) is 18.9. The first-order chi connectivity index (χ1) is 12.5. The molecule has 3 rings (SSSR count). The second kappa shape index (κ2) is 8.66. The summed E-state index contributed by atoms with van der Waals surface area (Å²) in [4.78, 5) is 24.7. The number of carbonyl (C=O) groups is 2. The van der Waals surface area contributed by atoms with Crippen LogP contribution in [0.25, 0.3) is 0 Å². The molecular formula is C21H23IN2O2. The molecule has 0 unspecified atom stereocenters. The van der Waals surface area contributed by atoms with Crippen LogP contribution in [-0.2, 0) is 0 Å². The number of aryl methyl sites for hydroxylation is 1. The van der Waals surface area contributed by atoms with Gasteiger partial charge in [-0.25, -0.2) is 0 Å². The number of hydrogen-bond donors (Lipinski definition) is 2. The predicted molar refractivity (Wildman–Crippen MR) is 113 cm³/mol. The van der Waals surface area contributed by atoms with Crippen molar-refractivity contribution in [2.45, 2.75) is 45.1 Å². The third kappa shape index (κ3) is 4.84. The molecule has 26 heavy (non-hydrogen) atoms. The Morgan fingerprint density at radius 1 is 0.923 bits per heavy atom. The Bertz CT molecular complexity index is 796. The second-order valence-electron chi connectivity index (χ2n) is 6.80. The fraction of sp³-hybridized carbons (Fsp3) is 0.333. The van der Waals surface area contributed by atoms with Crippen molar-refractivity contribution < 1.29 is 9.59 Å². The van der Waals surface area contributed by atoms with E-state index in [9.17, 15) is 9.59 Å². The number of carbonyl (C=O) groups excluding carboxylic acids is 2. The van der Waals surface area contributed by atoms with Gasteiger partial charge in [-0.1, -0.05) is 25.3 Å². The summed E-state index contributed by atoms with van der Waals surface area (Å²) in [6.45, 7) is 2.01. The van der Waals surface area contributed by atoms with Crippen molar-refractivity contribution in [1.82, 2.24) is 5.32 Å². The molecular weight excluding hydrogens is 439 g/mol. The summed E-state index contributed by atoms with van der Waals surface area (Å²) >= 11 is 2.22. The molecule has 2 N–H and O–H groups in total. The minimum Gasteiger partial charge on any atom is -0.349 e. The molecule has 2 aromatic carbocycles. The summed E-state index contributed by atoms with van der Waals surface area (Å²) in [5.74, 6) is -0.190. The molecule has 1 fully saturated rings. The monoisotopic (exact) mass is 462 g/mol. The number of amides is 2. The van der Waals surface area contributed by atoms with Gasteiger partial charge < -0.3 is 10.6 Å². The Kier molecular flexibility index (Phi) is 6.29. The lowest BCUT2D eigenvalue weighted by atomic mass is 9.95. The number of benzene rings is 2. The van der Waals surface area contributed by atoms with Crippen molar-refractivity contribution in [3.63, 3.8) is 0 Å². The summed E-state index contributed by atoms with van der Waals surface area (Å²) in [5, 5.41) is 5.98. The summed E-state index contributed by atoms with van der Waals surface area (Å²) in [6.07, 6.45) is 5.77. The largest absolute Gasteiger partial charge is 0.349 e. The Balaban J connectivity index is 1.60. The summed E-state index contributed by atoms with van der Waals surface area (Å²) in [7, 11) is 0. The molecule has 2 amide bonds. The molecule has 5 heteroatoms. The quantitative estimate of drug-likeness (QED) is 0.635. The van der Waals surface area contributed by atoms with E-state index in [4.69, 9.17) is 0 Å². The maximum absolute atomic E-state index is 12.4. The number of nitrogens with one attached hydrogen (secondary N) is 2. The van der Waals surface area contributed by atoms with Gasteiger partial charge in [0.2, 0.25) is 0 Å². The van der Waals surface area contributed by atoms with Crippen LogP contribution in [0, 0.1) is 10.5 Å². The highest BCUT2D eigenvalue weighted by atomic mass is 127. The lowest BCUT2D eigenvalue weighted by Crippen LogP contribution is -2.36. The van der Waals surface area contributed by atoms with Crippen molar-refractivity contribution in [2.24, 2.45) is 0 Å². The van der Waals surface area contributed by atoms with Crippen LogP contribution in [0.5, 0.6) is 0 Å². The first-order valence-corrected chi connectivity index (χ1v) is 10.1. The lowest BCUT2D eigenvalue weighted by molar-refractivity contribution is 0.0927. The molecule has 4 nitrogen and oxygen atoms in total. The third-order valence-corrected chi connectivity index (χ3v) is 5.94. The normalized spacial score (nSPS) is 14.7. The van der Waals surface area contributed by atoms with Crippen LogP contribution in [0.4, 0.5) is 5.69 Å². The molecule has 0 spiro atoms.